The largest absolute Gasteiger partial charge is 0.309 e. The fourth-order valence-electron chi connectivity index (χ4n) is 1.72. The van der Waals surface area contributed by atoms with Gasteiger partial charge in [0.15, 0.2) is 0 Å². The number of nitrogens with one attached hydrogen (secondary N) is 1. The molecule has 0 saturated heterocycles. The van der Waals surface area contributed by atoms with E-state index in [0.717, 1.165) is 17.3 Å². The van der Waals surface area contributed by atoms with Crippen LogP contribution in [0.25, 0.3) is 0 Å². The lowest BCUT2D eigenvalue weighted by atomic mass is 9.87. The van der Waals surface area contributed by atoms with Gasteiger partial charge in [-0.1, -0.05) is 39.3 Å². The van der Waals surface area contributed by atoms with Gasteiger partial charge in [0.2, 0.25) is 0 Å². The van der Waals surface area contributed by atoms with Gasteiger partial charge in [0.1, 0.15) is 0 Å². The molecule has 0 bridgehead atoms. The average Bonchev–Trinajstić information content (AvgIpc) is 2.57. The summed E-state index contributed by atoms with van der Waals surface area (Å²) in [5.41, 5.74) is 0.335. The monoisotopic (exact) mass is 259 g/mol. The second-order valence-corrected chi connectivity index (χ2v) is 7.16. The zero-order valence-electron chi connectivity index (χ0n) is 10.6. The maximum atomic E-state index is 6.00. The molecule has 0 amide bonds. The minimum atomic E-state index is 0.335. The minimum Gasteiger partial charge on any atom is -0.309 e. The van der Waals surface area contributed by atoms with E-state index in [2.05, 4.69) is 39.1 Å². The van der Waals surface area contributed by atoms with Gasteiger partial charge in [-0.2, -0.15) is 0 Å². The van der Waals surface area contributed by atoms with Crippen molar-refractivity contribution in [1.29, 1.82) is 0 Å². The third kappa shape index (κ3) is 4.86. The van der Waals surface area contributed by atoms with Crippen LogP contribution in [0.4, 0.5) is 0 Å². The van der Waals surface area contributed by atoms with Crippen LogP contribution in [0.15, 0.2) is 12.1 Å². The molecule has 0 saturated carbocycles. The highest BCUT2D eigenvalue weighted by Crippen LogP contribution is 2.34. The van der Waals surface area contributed by atoms with E-state index in [1.54, 1.807) is 11.3 Å². The first-order valence-electron chi connectivity index (χ1n) is 5.91. The van der Waals surface area contributed by atoms with Crippen molar-refractivity contribution in [3.05, 3.63) is 21.3 Å². The van der Waals surface area contributed by atoms with Crippen molar-refractivity contribution < 1.29 is 0 Å². The Bertz CT molecular complexity index is 314. The van der Waals surface area contributed by atoms with Crippen molar-refractivity contribution in [2.75, 3.05) is 6.54 Å². The molecule has 0 aliphatic rings. The van der Waals surface area contributed by atoms with E-state index in [1.165, 1.54) is 11.3 Å². The van der Waals surface area contributed by atoms with E-state index in [9.17, 15) is 0 Å². The van der Waals surface area contributed by atoms with Gasteiger partial charge < -0.3 is 5.32 Å². The molecular formula is C13H22ClNS. The molecule has 1 rings (SSSR count). The Morgan fingerprint density at radius 2 is 2.06 bits per heavy atom. The highest BCUT2D eigenvalue weighted by Gasteiger charge is 2.20. The summed E-state index contributed by atoms with van der Waals surface area (Å²) >= 11 is 7.69. The molecule has 1 unspecified atom stereocenters. The Kier molecular flexibility index (Phi) is 5.29. The van der Waals surface area contributed by atoms with E-state index in [4.69, 9.17) is 11.6 Å². The summed E-state index contributed by atoms with van der Waals surface area (Å²) in [6.45, 7) is 10.1. The van der Waals surface area contributed by atoms with E-state index < -0.39 is 0 Å². The third-order valence-electron chi connectivity index (χ3n) is 2.39. The molecule has 0 aliphatic carbocycles. The summed E-state index contributed by atoms with van der Waals surface area (Å²) in [7, 11) is 0. The Morgan fingerprint density at radius 1 is 1.38 bits per heavy atom. The Labute approximate surface area is 108 Å². The van der Waals surface area contributed by atoms with Crippen molar-refractivity contribution in [2.24, 2.45) is 5.41 Å². The number of hydrogen-bond donors (Lipinski definition) is 1. The molecule has 0 fully saturated rings. The summed E-state index contributed by atoms with van der Waals surface area (Å²) in [6.07, 6.45) is 2.31. The summed E-state index contributed by atoms with van der Waals surface area (Å²) in [5.74, 6) is 0. The molecule has 0 spiro atoms. The fraction of sp³-hybridized carbons (Fsp3) is 0.692. The SMILES string of the molecule is CCCNC(CC(C)(C)C)c1ccc(Cl)s1. The lowest BCUT2D eigenvalue weighted by Gasteiger charge is -2.26. The van der Waals surface area contributed by atoms with Crippen LogP contribution in [0, 0.1) is 5.41 Å². The van der Waals surface area contributed by atoms with Gasteiger partial charge in [0.05, 0.1) is 4.34 Å². The van der Waals surface area contributed by atoms with Crippen LogP contribution in [0.2, 0.25) is 4.34 Å². The summed E-state index contributed by atoms with van der Waals surface area (Å²) < 4.78 is 0.882. The highest BCUT2D eigenvalue weighted by molar-refractivity contribution is 7.16. The summed E-state index contributed by atoms with van der Waals surface area (Å²) in [6, 6.07) is 4.58. The first kappa shape index (κ1) is 14.0. The number of hydrogen-bond acceptors (Lipinski definition) is 2. The molecular weight excluding hydrogens is 238 g/mol. The van der Waals surface area contributed by atoms with Gasteiger partial charge in [0.25, 0.3) is 0 Å². The third-order valence-corrected chi connectivity index (χ3v) is 3.74. The summed E-state index contributed by atoms with van der Waals surface area (Å²) in [4.78, 5) is 1.35. The number of rotatable bonds is 5. The second-order valence-electron chi connectivity index (χ2n) is 5.41. The molecule has 3 heteroatoms. The van der Waals surface area contributed by atoms with E-state index >= 15 is 0 Å². The Balaban J connectivity index is 2.71. The van der Waals surface area contributed by atoms with Crippen molar-refractivity contribution in [3.63, 3.8) is 0 Å². The van der Waals surface area contributed by atoms with E-state index in [0.29, 0.717) is 11.5 Å². The van der Waals surface area contributed by atoms with Gasteiger partial charge in [-0.15, -0.1) is 11.3 Å². The lowest BCUT2D eigenvalue weighted by Crippen LogP contribution is -2.25. The number of halogens is 1. The standard InChI is InChI=1S/C13H22ClNS/c1-5-8-15-10(9-13(2,3)4)11-6-7-12(14)16-11/h6-7,10,15H,5,8-9H2,1-4H3. The van der Waals surface area contributed by atoms with Gasteiger partial charge in [0, 0.05) is 10.9 Å². The molecule has 1 heterocycles. The molecule has 1 nitrogen and oxygen atoms in total. The normalized spacial score (nSPS) is 14.1. The van der Waals surface area contributed by atoms with Crippen molar-refractivity contribution in [3.8, 4) is 0 Å². The van der Waals surface area contributed by atoms with Crippen LogP contribution in [0.1, 0.15) is 51.5 Å². The predicted molar refractivity (Wildman–Crippen MR) is 74.4 cm³/mol. The molecule has 0 aromatic carbocycles. The second kappa shape index (κ2) is 6.04. The smallest absolute Gasteiger partial charge is 0.0931 e. The molecule has 0 radical (unpaired) electrons. The highest BCUT2D eigenvalue weighted by atomic mass is 35.5. The Morgan fingerprint density at radius 3 is 2.50 bits per heavy atom. The van der Waals surface area contributed by atoms with Crippen molar-refractivity contribution in [2.45, 2.75) is 46.6 Å². The van der Waals surface area contributed by atoms with Crippen LogP contribution in [0.3, 0.4) is 0 Å². The van der Waals surface area contributed by atoms with Crippen LogP contribution < -0.4 is 5.32 Å². The van der Waals surface area contributed by atoms with Gasteiger partial charge in [-0.3, -0.25) is 0 Å². The lowest BCUT2D eigenvalue weighted by molar-refractivity contribution is 0.314. The first-order chi connectivity index (χ1) is 7.42. The van der Waals surface area contributed by atoms with Gasteiger partial charge >= 0.3 is 0 Å². The minimum absolute atomic E-state index is 0.335. The van der Waals surface area contributed by atoms with Gasteiger partial charge in [-0.25, -0.2) is 0 Å². The van der Waals surface area contributed by atoms with Crippen molar-refractivity contribution in [1.82, 2.24) is 5.32 Å². The zero-order valence-corrected chi connectivity index (χ0v) is 12.2. The van der Waals surface area contributed by atoms with Gasteiger partial charge in [-0.05, 0) is 36.9 Å². The van der Waals surface area contributed by atoms with E-state index in [1.807, 2.05) is 6.07 Å². The first-order valence-corrected chi connectivity index (χ1v) is 7.10. The molecule has 1 aromatic heterocycles. The molecule has 1 N–H and O–H groups in total. The average molecular weight is 260 g/mol. The predicted octanol–water partition coefficient (Wildman–Crippen LogP) is 4.88. The quantitative estimate of drug-likeness (QED) is 0.795. The molecule has 1 aromatic rings. The molecule has 1 atom stereocenters. The van der Waals surface area contributed by atoms with Crippen LogP contribution in [-0.4, -0.2) is 6.54 Å². The fourth-order valence-corrected chi connectivity index (χ4v) is 2.86. The zero-order chi connectivity index (χ0) is 12.2. The van der Waals surface area contributed by atoms with Crippen LogP contribution in [0.5, 0.6) is 0 Å². The molecule has 16 heavy (non-hydrogen) atoms. The van der Waals surface area contributed by atoms with Crippen molar-refractivity contribution >= 4 is 22.9 Å². The van der Waals surface area contributed by atoms with E-state index in [-0.39, 0.29) is 0 Å². The maximum absolute atomic E-state index is 6.00. The van der Waals surface area contributed by atoms with Crippen LogP contribution in [-0.2, 0) is 0 Å². The maximum Gasteiger partial charge on any atom is 0.0931 e. The number of thiophene rings is 1. The molecule has 0 aliphatic heterocycles. The topological polar surface area (TPSA) is 12.0 Å². The molecule has 92 valence electrons. The van der Waals surface area contributed by atoms with Crippen LogP contribution >= 0.6 is 22.9 Å². The Hall–Kier alpha value is -0.0500. The summed E-state index contributed by atoms with van der Waals surface area (Å²) in [5, 5.41) is 3.61.